The molecule has 1 amide bonds. The van der Waals surface area contributed by atoms with Crippen molar-refractivity contribution >= 4 is 28.5 Å². The molecule has 1 saturated carbocycles. The topological polar surface area (TPSA) is 80.0 Å². The number of carbonyl (C=O) groups excluding carboxylic acids is 1. The van der Waals surface area contributed by atoms with Crippen molar-refractivity contribution < 1.29 is 19.1 Å². The monoisotopic (exact) mass is 509 g/mol. The maximum Gasteiger partial charge on any atom is 0.340 e. The van der Waals surface area contributed by atoms with Gasteiger partial charge in [0, 0.05) is 35.0 Å². The van der Waals surface area contributed by atoms with Gasteiger partial charge in [-0.2, -0.15) is 0 Å². The van der Waals surface area contributed by atoms with Crippen LogP contribution in [0.25, 0.3) is 11.0 Å². The summed E-state index contributed by atoms with van der Waals surface area (Å²) < 4.78 is 11.7. The molecule has 2 fully saturated rings. The van der Waals surface area contributed by atoms with Crippen LogP contribution in [0.3, 0.4) is 0 Å². The fraction of sp³-hybridized carbons (Fsp3) is 0.448. The highest BCUT2D eigenvalue weighted by Crippen LogP contribution is 2.40. The van der Waals surface area contributed by atoms with Crippen LogP contribution < -0.4 is 10.4 Å². The molecule has 2 atom stereocenters. The SMILES string of the molecule is Cc1c(CC(=O)N2CC[C@]3(O)CCCC[C@H]3C2)c(=O)oc2c(C)c(OCc3ccc(Cl)cc3)ccc12. The van der Waals surface area contributed by atoms with Crippen LogP contribution in [0.1, 0.15) is 54.4 Å². The Morgan fingerprint density at radius 2 is 1.92 bits per heavy atom. The van der Waals surface area contributed by atoms with E-state index >= 15 is 0 Å². The number of aryl methyl sites for hydroxylation is 2. The second-order valence-electron chi connectivity index (χ2n) is 10.3. The van der Waals surface area contributed by atoms with Gasteiger partial charge in [0.1, 0.15) is 17.9 Å². The first kappa shape index (κ1) is 24.8. The van der Waals surface area contributed by atoms with Crippen LogP contribution >= 0.6 is 11.6 Å². The lowest BCUT2D eigenvalue weighted by Crippen LogP contribution is -2.55. The highest BCUT2D eigenvalue weighted by molar-refractivity contribution is 6.30. The normalized spacial score (nSPS) is 21.9. The van der Waals surface area contributed by atoms with Gasteiger partial charge < -0.3 is 19.2 Å². The zero-order chi connectivity index (χ0) is 25.4. The van der Waals surface area contributed by atoms with Crippen molar-refractivity contribution in [2.45, 2.75) is 64.6 Å². The van der Waals surface area contributed by atoms with E-state index in [0.717, 1.165) is 47.8 Å². The third-order valence-corrected chi connectivity index (χ3v) is 8.32. The zero-order valence-electron chi connectivity index (χ0n) is 20.8. The van der Waals surface area contributed by atoms with Crippen LogP contribution in [0.5, 0.6) is 5.75 Å². The average Bonchev–Trinajstić information content (AvgIpc) is 2.87. The summed E-state index contributed by atoms with van der Waals surface area (Å²) in [4.78, 5) is 28.0. The van der Waals surface area contributed by atoms with Gasteiger partial charge in [-0.05, 0) is 68.5 Å². The molecular formula is C29H32ClNO5. The molecule has 36 heavy (non-hydrogen) atoms. The van der Waals surface area contributed by atoms with Crippen LogP contribution in [0.2, 0.25) is 5.02 Å². The van der Waals surface area contributed by atoms with Crippen LogP contribution in [0.4, 0.5) is 0 Å². The van der Waals surface area contributed by atoms with Gasteiger partial charge in [0.25, 0.3) is 0 Å². The minimum atomic E-state index is -0.641. The molecule has 1 saturated heterocycles. The van der Waals surface area contributed by atoms with Crippen molar-refractivity contribution in [3.63, 3.8) is 0 Å². The number of likely N-dealkylation sites (tertiary alicyclic amines) is 1. The molecule has 2 aromatic carbocycles. The molecule has 1 aromatic heterocycles. The first-order valence-corrected chi connectivity index (χ1v) is 13.1. The van der Waals surface area contributed by atoms with Crippen LogP contribution in [0, 0.1) is 19.8 Å². The summed E-state index contributed by atoms with van der Waals surface area (Å²) in [5.41, 5.74) is 2.23. The number of carbonyl (C=O) groups is 1. The molecule has 5 rings (SSSR count). The van der Waals surface area contributed by atoms with E-state index in [0.29, 0.717) is 48.0 Å². The Morgan fingerprint density at radius 1 is 1.14 bits per heavy atom. The van der Waals surface area contributed by atoms with Crippen molar-refractivity contribution in [1.82, 2.24) is 4.90 Å². The van der Waals surface area contributed by atoms with E-state index in [1.165, 1.54) is 0 Å². The van der Waals surface area contributed by atoms with E-state index in [4.69, 9.17) is 20.8 Å². The van der Waals surface area contributed by atoms with Crippen LogP contribution in [0.15, 0.2) is 45.6 Å². The summed E-state index contributed by atoms with van der Waals surface area (Å²) in [6.07, 6.45) is 4.51. The maximum absolute atomic E-state index is 13.2. The molecule has 6 nitrogen and oxygen atoms in total. The average molecular weight is 510 g/mol. The number of hydrogen-bond donors (Lipinski definition) is 1. The highest BCUT2D eigenvalue weighted by Gasteiger charge is 2.43. The molecule has 2 aliphatic rings. The molecule has 0 bridgehead atoms. The van der Waals surface area contributed by atoms with Gasteiger partial charge in [0.05, 0.1) is 17.6 Å². The number of nitrogens with zero attached hydrogens (tertiary/aromatic N) is 1. The van der Waals surface area contributed by atoms with Crippen molar-refractivity contribution in [2.24, 2.45) is 5.92 Å². The molecule has 1 aliphatic carbocycles. The molecule has 2 heterocycles. The number of halogens is 1. The number of rotatable bonds is 5. The molecule has 7 heteroatoms. The fourth-order valence-electron chi connectivity index (χ4n) is 5.73. The summed E-state index contributed by atoms with van der Waals surface area (Å²) in [5, 5.41) is 12.4. The number of hydrogen-bond acceptors (Lipinski definition) is 5. The van der Waals surface area contributed by atoms with Gasteiger partial charge in [-0.1, -0.05) is 36.6 Å². The van der Waals surface area contributed by atoms with Crippen molar-refractivity contribution in [1.29, 1.82) is 0 Å². The Kier molecular flexibility index (Phi) is 6.84. The Hall–Kier alpha value is -2.83. The van der Waals surface area contributed by atoms with Gasteiger partial charge in [-0.25, -0.2) is 4.79 Å². The Balaban J connectivity index is 1.34. The van der Waals surface area contributed by atoms with Crippen LogP contribution in [-0.4, -0.2) is 34.6 Å². The largest absolute Gasteiger partial charge is 0.488 e. The predicted octanol–water partition coefficient (Wildman–Crippen LogP) is 5.34. The Morgan fingerprint density at radius 3 is 2.69 bits per heavy atom. The lowest BCUT2D eigenvalue weighted by molar-refractivity contribution is -0.142. The fourth-order valence-corrected chi connectivity index (χ4v) is 5.86. The number of aliphatic hydroxyl groups is 1. The highest BCUT2D eigenvalue weighted by atomic mass is 35.5. The molecular weight excluding hydrogens is 478 g/mol. The van der Waals surface area contributed by atoms with Gasteiger partial charge >= 0.3 is 5.63 Å². The van der Waals surface area contributed by atoms with E-state index in [9.17, 15) is 14.7 Å². The number of amides is 1. The van der Waals surface area contributed by atoms with E-state index in [2.05, 4.69) is 0 Å². The van der Waals surface area contributed by atoms with Crippen molar-refractivity contribution in [3.8, 4) is 5.75 Å². The van der Waals surface area contributed by atoms with E-state index in [1.807, 2.05) is 55.1 Å². The molecule has 1 N–H and O–H groups in total. The molecule has 190 valence electrons. The third-order valence-electron chi connectivity index (χ3n) is 8.07. The minimum Gasteiger partial charge on any atom is -0.488 e. The molecule has 3 aromatic rings. The summed E-state index contributed by atoms with van der Waals surface area (Å²) in [6, 6.07) is 11.2. The smallest absolute Gasteiger partial charge is 0.340 e. The van der Waals surface area contributed by atoms with Crippen LogP contribution in [-0.2, 0) is 17.8 Å². The lowest BCUT2D eigenvalue weighted by Gasteiger charge is -2.47. The zero-order valence-corrected chi connectivity index (χ0v) is 21.6. The Bertz CT molecular complexity index is 1350. The molecule has 0 unspecified atom stereocenters. The lowest BCUT2D eigenvalue weighted by atomic mass is 9.71. The maximum atomic E-state index is 13.2. The third kappa shape index (κ3) is 4.76. The quantitative estimate of drug-likeness (QED) is 0.470. The predicted molar refractivity (Wildman–Crippen MR) is 140 cm³/mol. The van der Waals surface area contributed by atoms with E-state index in [-0.39, 0.29) is 18.2 Å². The number of piperidine rings is 1. The van der Waals surface area contributed by atoms with Gasteiger partial charge in [-0.3, -0.25) is 4.79 Å². The second kappa shape index (κ2) is 9.91. The Labute approximate surface area is 215 Å². The number of ether oxygens (including phenoxy) is 1. The molecule has 1 aliphatic heterocycles. The van der Waals surface area contributed by atoms with E-state index < -0.39 is 11.2 Å². The standard InChI is InChI=1S/C29H32ClNO5/c1-18-23-10-11-25(35-17-20-6-8-22(30)9-7-20)19(2)27(23)36-28(33)24(18)15-26(32)31-14-13-29(34)12-4-3-5-21(29)16-31/h6-11,21,34H,3-5,12-17H2,1-2H3/t21-,29+/m0/s1. The summed E-state index contributed by atoms with van der Waals surface area (Å²) in [6.45, 7) is 5.18. The summed E-state index contributed by atoms with van der Waals surface area (Å²) >= 11 is 5.95. The second-order valence-corrected chi connectivity index (χ2v) is 10.7. The van der Waals surface area contributed by atoms with Gasteiger partial charge in [0.2, 0.25) is 5.91 Å². The summed E-state index contributed by atoms with van der Waals surface area (Å²) in [7, 11) is 0. The van der Waals surface area contributed by atoms with Crippen molar-refractivity contribution in [3.05, 3.63) is 74.1 Å². The van der Waals surface area contributed by atoms with E-state index in [1.54, 1.807) is 0 Å². The number of benzene rings is 2. The van der Waals surface area contributed by atoms with Gasteiger partial charge in [-0.15, -0.1) is 0 Å². The summed E-state index contributed by atoms with van der Waals surface area (Å²) in [5.74, 6) is 0.668. The van der Waals surface area contributed by atoms with Crippen molar-refractivity contribution in [2.75, 3.05) is 13.1 Å². The number of fused-ring (bicyclic) bond motifs is 2. The van der Waals surface area contributed by atoms with Gasteiger partial charge in [0.15, 0.2) is 0 Å². The first-order chi connectivity index (χ1) is 17.2. The minimum absolute atomic E-state index is 0.00310. The molecule has 0 spiro atoms. The first-order valence-electron chi connectivity index (χ1n) is 12.7. The molecule has 0 radical (unpaired) electrons.